The molecule has 0 spiro atoms. The molecule has 2 N–H and O–H groups in total. The van der Waals surface area contributed by atoms with Gasteiger partial charge in [0.05, 0.1) is 0 Å². The summed E-state index contributed by atoms with van der Waals surface area (Å²) >= 11 is 0. The molecule has 1 fully saturated rings. The molecule has 108 valence electrons. The summed E-state index contributed by atoms with van der Waals surface area (Å²) in [5.74, 6) is 0.503. The molecule has 1 aliphatic rings. The van der Waals surface area contributed by atoms with Crippen LogP contribution in [0, 0.1) is 11.3 Å². The minimum atomic E-state index is 0.355. The number of aliphatic hydroxyl groups excluding tert-OH is 1. The van der Waals surface area contributed by atoms with E-state index in [1.807, 2.05) is 0 Å². The van der Waals surface area contributed by atoms with E-state index in [0.29, 0.717) is 17.9 Å². The average Bonchev–Trinajstić information content (AvgIpc) is 2.39. The predicted molar refractivity (Wildman–Crippen MR) is 77.8 cm³/mol. The molecule has 2 atom stereocenters. The van der Waals surface area contributed by atoms with E-state index < -0.39 is 0 Å². The maximum absolute atomic E-state index is 9.30. The minimum absolute atomic E-state index is 0.355. The summed E-state index contributed by atoms with van der Waals surface area (Å²) in [5.41, 5.74) is 0.368. The van der Waals surface area contributed by atoms with Crippen LogP contribution in [-0.2, 0) is 0 Å². The Morgan fingerprint density at radius 2 is 2.17 bits per heavy atom. The van der Waals surface area contributed by atoms with E-state index in [9.17, 15) is 5.11 Å². The minimum Gasteiger partial charge on any atom is -0.396 e. The second-order valence-electron chi connectivity index (χ2n) is 6.27. The van der Waals surface area contributed by atoms with Crippen molar-refractivity contribution in [2.75, 3.05) is 39.3 Å². The molecule has 0 bridgehead atoms. The van der Waals surface area contributed by atoms with Crippen molar-refractivity contribution in [2.24, 2.45) is 11.3 Å². The standard InChI is InChI=1S/C15H32N2O/c1-4-8-16-12-15(3,5-2)13-17-9-6-7-14(10-17)11-18/h14,16,18H,4-13H2,1-3H3. The summed E-state index contributed by atoms with van der Waals surface area (Å²) in [4.78, 5) is 2.56. The number of nitrogens with zero attached hydrogens (tertiary/aromatic N) is 1. The first-order chi connectivity index (χ1) is 8.63. The van der Waals surface area contributed by atoms with E-state index in [4.69, 9.17) is 0 Å². The Balaban J connectivity index is 2.40. The molecule has 0 radical (unpaired) electrons. The van der Waals surface area contributed by atoms with Gasteiger partial charge < -0.3 is 15.3 Å². The third kappa shape index (κ3) is 5.25. The fraction of sp³-hybridized carbons (Fsp3) is 1.00. The molecule has 18 heavy (non-hydrogen) atoms. The highest BCUT2D eigenvalue weighted by atomic mass is 16.3. The molecule has 1 heterocycles. The maximum atomic E-state index is 9.30. The Bertz CT molecular complexity index is 223. The van der Waals surface area contributed by atoms with Crippen molar-refractivity contribution in [1.82, 2.24) is 10.2 Å². The summed E-state index contributed by atoms with van der Waals surface area (Å²) in [6, 6.07) is 0. The fourth-order valence-corrected chi connectivity index (χ4v) is 2.84. The van der Waals surface area contributed by atoms with Gasteiger partial charge in [0.25, 0.3) is 0 Å². The number of likely N-dealkylation sites (tertiary alicyclic amines) is 1. The molecular weight excluding hydrogens is 224 g/mol. The van der Waals surface area contributed by atoms with Crippen LogP contribution >= 0.6 is 0 Å². The van der Waals surface area contributed by atoms with Crippen molar-refractivity contribution in [1.29, 1.82) is 0 Å². The van der Waals surface area contributed by atoms with Crippen LogP contribution in [0.1, 0.15) is 46.5 Å². The van der Waals surface area contributed by atoms with Crippen LogP contribution in [-0.4, -0.2) is 49.3 Å². The van der Waals surface area contributed by atoms with E-state index in [-0.39, 0.29) is 0 Å². The molecule has 0 aromatic heterocycles. The SMILES string of the molecule is CCCNCC(C)(CC)CN1CCCC(CO)C1. The quantitative estimate of drug-likeness (QED) is 0.653. The highest BCUT2D eigenvalue weighted by molar-refractivity contribution is 4.82. The zero-order chi connectivity index (χ0) is 13.4. The van der Waals surface area contributed by atoms with Crippen molar-refractivity contribution < 1.29 is 5.11 Å². The molecule has 2 unspecified atom stereocenters. The first-order valence-corrected chi connectivity index (χ1v) is 7.67. The van der Waals surface area contributed by atoms with Crippen molar-refractivity contribution in [3.63, 3.8) is 0 Å². The molecular formula is C15H32N2O. The molecule has 1 saturated heterocycles. The van der Waals surface area contributed by atoms with Crippen LogP contribution in [0.2, 0.25) is 0 Å². The summed E-state index contributed by atoms with van der Waals surface area (Å²) < 4.78 is 0. The average molecular weight is 256 g/mol. The highest BCUT2D eigenvalue weighted by Crippen LogP contribution is 2.25. The topological polar surface area (TPSA) is 35.5 Å². The van der Waals surface area contributed by atoms with E-state index in [2.05, 4.69) is 31.0 Å². The smallest absolute Gasteiger partial charge is 0.0471 e. The van der Waals surface area contributed by atoms with Gasteiger partial charge in [0.1, 0.15) is 0 Å². The Labute approximate surface area is 113 Å². The second kappa shape index (κ2) is 8.13. The number of hydrogen-bond donors (Lipinski definition) is 2. The van der Waals surface area contributed by atoms with Crippen LogP contribution in [0.25, 0.3) is 0 Å². The molecule has 0 aromatic rings. The summed E-state index contributed by atoms with van der Waals surface area (Å²) in [6.45, 7) is 12.9. The predicted octanol–water partition coefficient (Wildman–Crippen LogP) is 2.11. The lowest BCUT2D eigenvalue weighted by molar-refractivity contribution is 0.0816. The van der Waals surface area contributed by atoms with Crippen molar-refractivity contribution in [3.8, 4) is 0 Å². The second-order valence-corrected chi connectivity index (χ2v) is 6.27. The van der Waals surface area contributed by atoms with Gasteiger partial charge in [-0.25, -0.2) is 0 Å². The van der Waals surface area contributed by atoms with E-state index in [1.165, 1.54) is 32.2 Å². The van der Waals surface area contributed by atoms with Crippen LogP contribution in [0.3, 0.4) is 0 Å². The molecule has 0 aromatic carbocycles. The number of rotatable bonds is 8. The zero-order valence-corrected chi connectivity index (χ0v) is 12.5. The largest absolute Gasteiger partial charge is 0.396 e. The van der Waals surface area contributed by atoms with E-state index in [0.717, 1.165) is 26.2 Å². The Kier molecular flexibility index (Phi) is 7.20. The molecule has 1 rings (SSSR count). The molecule has 0 aliphatic carbocycles. The summed E-state index contributed by atoms with van der Waals surface area (Å²) in [6.07, 6.45) is 4.86. The highest BCUT2D eigenvalue weighted by Gasteiger charge is 2.28. The number of hydrogen-bond acceptors (Lipinski definition) is 3. The summed E-state index contributed by atoms with van der Waals surface area (Å²) in [7, 11) is 0. The van der Waals surface area contributed by atoms with Gasteiger partial charge in [-0.3, -0.25) is 0 Å². The van der Waals surface area contributed by atoms with Gasteiger partial charge in [-0.2, -0.15) is 0 Å². The van der Waals surface area contributed by atoms with Crippen molar-refractivity contribution in [3.05, 3.63) is 0 Å². The van der Waals surface area contributed by atoms with Gasteiger partial charge in [-0.1, -0.05) is 20.8 Å². The van der Waals surface area contributed by atoms with Gasteiger partial charge in [-0.15, -0.1) is 0 Å². The summed E-state index contributed by atoms with van der Waals surface area (Å²) in [5, 5.41) is 12.9. The zero-order valence-electron chi connectivity index (χ0n) is 12.5. The maximum Gasteiger partial charge on any atom is 0.0471 e. The first kappa shape index (κ1) is 15.9. The first-order valence-electron chi connectivity index (χ1n) is 7.67. The number of aliphatic hydroxyl groups is 1. The normalized spacial score (nSPS) is 25.0. The molecule has 0 saturated carbocycles. The van der Waals surface area contributed by atoms with E-state index in [1.54, 1.807) is 0 Å². The Morgan fingerprint density at radius 3 is 2.78 bits per heavy atom. The van der Waals surface area contributed by atoms with Gasteiger partial charge >= 0.3 is 0 Å². The molecule has 3 nitrogen and oxygen atoms in total. The molecule has 0 amide bonds. The van der Waals surface area contributed by atoms with Gasteiger partial charge in [0.2, 0.25) is 0 Å². The number of piperidine rings is 1. The Hall–Kier alpha value is -0.120. The number of nitrogens with one attached hydrogen (secondary N) is 1. The monoisotopic (exact) mass is 256 g/mol. The Morgan fingerprint density at radius 1 is 1.39 bits per heavy atom. The fourth-order valence-electron chi connectivity index (χ4n) is 2.84. The lowest BCUT2D eigenvalue weighted by atomic mass is 9.85. The van der Waals surface area contributed by atoms with Gasteiger partial charge in [0.15, 0.2) is 0 Å². The van der Waals surface area contributed by atoms with E-state index >= 15 is 0 Å². The lowest BCUT2D eigenvalue weighted by Gasteiger charge is -2.39. The van der Waals surface area contributed by atoms with Gasteiger partial charge in [0, 0.05) is 26.2 Å². The molecule has 3 heteroatoms. The van der Waals surface area contributed by atoms with Crippen LogP contribution < -0.4 is 5.32 Å². The van der Waals surface area contributed by atoms with Gasteiger partial charge in [-0.05, 0) is 50.1 Å². The molecule has 1 aliphatic heterocycles. The lowest BCUT2D eigenvalue weighted by Crippen LogP contribution is -2.46. The van der Waals surface area contributed by atoms with Crippen LogP contribution in [0.4, 0.5) is 0 Å². The third-order valence-electron chi connectivity index (χ3n) is 4.30. The van der Waals surface area contributed by atoms with Crippen LogP contribution in [0.5, 0.6) is 0 Å². The van der Waals surface area contributed by atoms with Crippen LogP contribution in [0.15, 0.2) is 0 Å². The van der Waals surface area contributed by atoms with Crippen molar-refractivity contribution >= 4 is 0 Å². The van der Waals surface area contributed by atoms with Crippen molar-refractivity contribution in [2.45, 2.75) is 46.5 Å². The third-order valence-corrected chi connectivity index (χ3v) is 4.30.